The molecular weight excluding hydrogens is 466 g/mol. The van der Waals surface area contributed by atoms with Crippen LogP contribution in [-0.2, 0) is 21.2 Å². The standard InChI is InChI=1S/C25H23N5O4S/c1-15-23(16(2)34-30-15)17-12-18(24-19(13-17)28-22(29-24)14-35(3,32)33)25(31,20-8-4-6-10-26-20)21-9-5-7-11-27-21/h4-13,31H,14H2,1-3H3,(H,28,29). The molecule has 0 spiro atoms. The maximum absolute atomic E-state index is 12.4. The van der Waals surface area contributed by atoms with Gasteiger partial charge in [0.1, 0.15) is 17.3 Å². The molecule has 0 amide bonds. The van der Waals surface area contributed by atoms with Crippen LogP contribution >= 0.6 is 0 Å². The number of rotatable bonds is 6. The minimum absolute atomic E-state index is 0.268. The monoisotopic (exact) mass is 489 g/mol. The van der Waals surface area contributed by atoms with E-state index in [1.165, 1.54) is 0 Å². The Morgan fingerprint density at radius 2 is 1.69 bits per heavy atom. The maximum Gasteiger partial charge on any atom is 0.176 e. The van der Waals surface area contributed by atoms with Crippen molar-refractivity contribution in [1.82, 2.24) is 25.1 Å². The highest BCUT2D eigenvalue weighted by Crippen LogP contribution is 2.41. The number of nitrogens with zero attached hydrogens (tertiary/aromatic N) is 4. The Labute approximate surface area is 201 Å². The highest BCUT2D eigenvalue weighted by Gasteiger charge is 2.39. The summed E-state index contributed by atoms with van der Waals surface area (Å²) in [7, 11) is -3.35. The Morgan fingerprint density at radius 1 is 1.03 bits per heavy atom. The number of imidazole rings is 1. The summed E-state index contributed by atoms with van der Waals surface area (Å²) < 4.78 is 29.4. The third-order valence-corrected chi connectivity index (χ3v) is 6.62. The lowest BCUT2D eigenvalue weighted by atomic mass is 9.83. The summed E-state index contributed by atoms with van der Waals surface area (Å²) in [5.41, 5.74) is 2.47. The number of benzene rings is 1. The van der Waals surface area contributed by atoms with Crippen molar-refractivity contribution in [3.8, 4) is 11.1 Å². The van der Waals surface area contributed by atoms with Crippen molar-refractivity contribution in [3.05, 3.63) is 95.2 Å². The summed E-state index contributed by atoms with van der Waals surface area (Å²) in [5, 5.41) is 16.5. The van der Waals surface area contributed by atoms with Crippen LogP contribution in [0.5, 0.6) is 0 Å². The Hall–Kier alpha value is -3.89. The number of aliphatic hydroxyl groups is 1. The van der Waals surface area contributed by atoms with Crippen molar-refractivity contribution in [2.45, 2.75) is 25.2 Å². The number of nitrogens with one attached hydrogen (secondary N) is 1. The second-order valence-corrected chi connectivity index (χ2v) is 10.7. The zero-order valence-electron chi connectivity index (χ0n) is 19.3. The van der Waals surface area contributed by atoms with Gasteiger partial charge in [-0.1, -0.05) is 17.3 Å². The van der Waals surface area contributed by atoms with E-state index in [2.05, 4.69) is 25.1 Å². The van der Waals surface area contributed by atoms with Crippen molar-refractivity contribution in [3.63, 3.8) is 0 Å². The average Bonchev–Trinajstić information content (AvgIpc) is 3.39. The third-order valence-electron chi connectivity index (χ3n) is 5.82. The number of sulfone groups is 1. The van der Waals surface area contributed by atoms with Crippen LogP contribution in [-0.4, -0.2) is 44.9 Å². The molecule has 1 aromatic carbocycles. The van der Waals surface area contributed by atoms with Gasteiger partial charge in [0.05, 0.1) is 28.1 Å². The van der Waals surface area contributed by atoms with E-state index in [9.17, 15) is 13.5 Å². The van der Waals surface area contributed by atoms with Gasteiger partial charge in [-0.25, -0.2) is 13.4 Å². The van der Waals surface area contributed by atoms with Crippen LogP contribution in [0.4, 0.5) is 0 Å². The predicted octanol–water partition coefficient (Wildman–Crippen LogP) is 3.45. The molecule has 0 saturated heterocycles. The minimum Gasteiger partial charge on any atom is -0.373 e. The number of hydrogen-bond acceptors (Lipinski definition) is 8. The molecule has 2 N–H and O–H groups in total. The molecule has 0 fully saturated rings. The zero-order valence-corrected chi connectivity index (χ0v) is 20.2. The first-order valence-electron chi connectivity index (χ1n) is 10.9. The van der Waals surface area contributed by atoms with E-state index >= 15 is 0 Å². The number of aryl methyl sites for hydroxylation is 2. The second-order valence-electron chi connectivity index (χ2n) is 8.51. The fraction of sp³-hybridized carbons (Fsp3) is 0.200. The lowest BCUT2D eigenvalue weighted by Crippen LogP contribution is -2.31. The molecule has 5 rings (SSSR count). The normalized spacial score (nSPS) is 12.3. The molecule has 0 bridgehead atoms. The molecule has 10 heteroatoms. The highest BCUT2D eigenvalue weighted by molar-refractivity contribution is 7.89. The van der Waals surface area contributed by atoms with E-state index in [4.69, 9.17) is 4.52 Å². The minimum atomic E-state index is -3.35. The summed E-state index contributed by atoms with van der Waals surface area (Å²) in [4.78, 5) is 16.6. The van der Waals surface area contributed by atoms with E-state index in [0.29, 0.717) is 39.4 Å². The Balaban J connectivity index is 1.88. The molecule has 4 aromatic heterocycles. The van der Waals surface area contributed by atoms with Gasteiger partial charge < -0.3 is 14.6 Å². The molecule has 0 radical (unpaired) electrons. The van der Waals surface area contributed by atoms with E-state index in [0.717, 1.165) is 17.4 Å². The number of pyridine rings is 2. The summed E-state index contributed by atoms with van der Waals surface area (Å²) >= 11 is 0. The van der Waals surface area contributed by atoms with Gasteiger partial charge in [0, 0.05) is 29.8 Å². The van der Waals surface area contributed by atoms with Crippen LogP contribution in [0.3, 0.4) is 0 Å². The Morgan fingerprint density at radius 3 is 2.20 bits per heavy atom. The SMILES string of the molecule is Cc1noc(C)c1-c1cc(C(O)(c2ccccn2)c2ccccn2)c2nc(CS(C)(=O)=O)[nH]c2c1. The average molecular weight is 490 g/mol. The fourth-order valence-corrected chi connectivity index (χ4v) is 4.99. The summed E-state index contributed by atoms with van der Waals surface area (Å²) in [6, 6.07) is 14.2. The summed E-state index contributed by atoms with van der Waals surface area (Å²) in [5.74, 6) is 0.611. The molecule has 4 heterocycles. The first-order valence-corrected chi connectivity index (χ1v) is 12.9. The molecule has 0 saturated carbocycles. The van der Waals surface area contributed by atoms with Gasteiger partial charge in [-0.3, -0.25) is 9.97 Å². The zero-order chi connectivity index (χ0) is 24.8. The van der Waals surface area contributed by atoms with Crippen LogP contribution in [0.2, 0.25) is 0 Å². The van der Waals surface area contributed by atoms with Crippen molar-refractivity contribution < 1.29 is 18.0 Å². The number of aromatic nitrogens is 5. The lowest BCUT2D eigenvalue weighted by molar-refractivity contribution is 0.117. The smallest absolute Gasteiger partial charge is 0.176 e. The van der Waals surface area contributed by atoms with E-state index in [-0.39, 0.29) is 11.6 Å². The number of aromatic amines is 1. The van der Waals surface area contributed by atoms with Crippen LogP contribution in [0, 0.1) is 13.8 Å². The quantitative estimate of drug-likeness (QED) is 0.370. The van der Waals surface area contributed by atoms with Crippen molar-refractivity contribution in [1.29, 1.82) is 0 Å². The Bertz CT molecular complexity index is 1570. The first kappa shape index (κ1) is 22.9. The number of fused-ring (bicyclic) bond motifs is 1. The molecule has 0 aliphatic heterocycles. The molecule has 0 unspecified atom stereocenters. The maximum atomic E-state index is 12.4. The van der Waals surface area contributed by atoms with Gasteiger partial charge in [-0.15, -0.1) is 0 Å². The molecule has 5 aromatic rings. The van der Waals surface area contributed by atoms with E-state index in [1.807, 2.05) is 26.0 Å². The molecule has 0 atom stereocenters. The first-order chi connectivity index (χ1) is 16.7. The van der Waals surface area contributed by atoms with E-state index < -0.39 is 15.4 Å². The van der Waals surface area contributed by atoms with Gasteiger partial charge >= 0.3 is 0 Å². The second kappa shape index (κ2) is 8.40. The molecule has 178 valence electrons. The van der Waals surface area contributed by atoms with Crippen LogP contribution in [0.1, 0.15) is 34.2 Å². The van der Waals surface area contributed by atoms with Crippen molar-refractivity contribution in [2.75, 3.05) is 6.26 Å². The molecule has 0 aliphatic rings. The van der Waals surface area contributed by atoms with Crippen LogP contribution in [0.25, 0.3) is 22.2 Å². The Kier molecular flexibility index (Phi) is 5.49. The number of H-pyrrole nitrogens is 1. The molecule has 9 nitrogen and oxygen atoms in total. The van der Waals surface area contributed by atoms with Gasteiger partial charge in [0.2, 0.25) is 0 Å². The lowest BCUT2D eigenvalue weighted by Gasteiger charge is -2.28. The topological polar surface area (TPSA) is 135 Å². The molecule has 35 heavy (non-hydrogen) atoms. The number of hydrogen-bond donors (Lipinski definition) is 2. The van der Waals surface area contributed by atoms with Crippen molar-refractivity contribution >= 4 is 20.9 Å². The van der Waals surface area contributed by atoms with Gasteiger partial charge in [-0.2, -0.15) is 0 Å². The van der Waals surface area contributed by atoms with E-state index in [1.54, 1.807) is 48.8 Å². The fourth-order valence-electron chi connectivity index (χ4n) is 4.36. The molecular formula is C25H23N5O4S. The summed E-state index contributed by atoms with van der Waals surface area (Å²) in [6.07, 6.45) is 4.34. The third kappa shape index (κ3) is 4.11. The largest absolute Gasteiger partial charge is 0.373 e. The highest BCUT2D eigenvalue weighted by atomic mass is 32.2. The van der Waals surface area contributed by atoms with Crippen molar-refractivity contribution in [2.24, 2.45) is 0 Å². The van der Waals surface area contributed by atoms with Gasteiger partial charge in [0.25, 0.3) is 0 Å². The van der Waals surface area contributed by atoms with Crippen LogP contribution < -0.4 is 0 Å². The van der Waals surface area contributed by atoms with Crippen LogP contribution in [0.15, 0.2) is 65.4 Å². The summed E-state index contributed by atoms with van der Waals surface area (Å²) in [6.45, 7) is 3.65. The van der Waals surface area contributed by atoms with Gasteiger partial charge in [0.15, 0.2) is 15.4 Å². The predicted molar refractivity (Wildman–Crippen MR) is 130 cm³/mol. The van der Waals surface area contributed by atoms with Gasteiger partial charge in [-0.05, 0) is 55.8 Å². The molecule has 0 aliphatic carbocycles.